The fraction of sp³-hybridized carbons (Fsp3) is 0.571. The molecule has 2 aliphatic rings. The van der Waals surface area contributed by atoms with Crippen LogP contribution in [-0.4, -0.2) is 61.2 Å². The molecule has 0 bridgehead atoms. The Morgan fingerprint density at radius 1 is 1.10 bits per heavy atom. The van der Waals surface area contributed by atoms with Gasteiger partial charge in [-0.1, -0.05) is 0 Å². The third-order valence-electron chi connectivity index (χ3n) is 6.45. The zero-order valence-corrected chi connectivity index (χ0v) is 17.8. The molecule has 1 aliphatic heterocycles. The van der Waals surface area contributed by atoms with Gasteiger partial charge in [0.1, 0.15) is 5.69 Å². The van der Waals surface area contributed by atoms with E-state index in [1.54, 1.807) is 8.77 Å². The van der Waals surface area contributed by atoms with Crippen LogP contribution in [0.1, 0.15) is 43.6 Å². The Balaban J connectivity index is 1.36. The molecule has 7 nitrogen and oxygen atoms in total. The maximum absolute atomic E-state index is 5.63. The molecule has 0 aromatic carbocycles. The molecule has 0 N–H and O–H groups in total. The summed E-state index contributed by atoms with van der Waals surface area (Å²) in [6, 6.07) is 2.98. The molecular formula is C21H28N6OS. The van der Waals surface area contributed by atoms with E-state index in [1.807, 2.05) is 25.6 Å². The van der Waals surface area contributed by atoms with E-state index in [-0.39, 0.29) is 0 Å². The topological polar surface area (TPSA) is 61.0 Å². The molecule has 8 heteroatoms. The first-order valence-corrected chi connectivity index (χ1v) is 11.0. The van der Waals surface area contributed by atoms with Crippen LogP contribution in [0.3, 0.4) is 0 Å². The molecule has 1 aliphatic carbocycles. The molecule has 0 atom stereocenters. The number of ether oxygens (including phenoxy) is 1. The molecule has 5 rings (SSSR count). The molecule has 4 heterocycles. The smallest absolute Gasteiger partial charge is 0.170 e. The largest absolute Gasteiger partial charge is 0.380 e. The fourth-order valence-electron chi connectivity index (χ4n) is 4.89. The number of pyridine rings is 1. The van der Waals surface area contributed by atoms with Gasteiger partial charge in [0, 0.05) is 56.1 Å². The molecule has 0 spiro atoms. The SMILES string of the molecule is Cn1cc(-c2nn(S)c3ncc([C@H]4CC[C@@H](N5CCCOCC5)CC4)cc23)cn1. The van der Waals surface area contributed by atoms with Crippen molar-refractivity contribution in [3.8, 4) is 11.3 Å². The first-order valence-electron chi connectivity index (χ1n) is 10.6. The van der Waals surface area contributed by atoms with E-state index < -0.39 is 0 Å². The van der Waals surface area contributed by atoms with Crippen molar-refractivity contribution in [1.82, 2.24) is 28.9 Å². The first kappa shape index (κ1) is 19.1. The Hall–Kier alpha value is -1.90. The predicted octanol–water partition coefficient (Wildman–Crippen LogP) is 3.27. The van der Waals surface area contributed by atoms with E-state index in [0.29, 0.717) is 12.0 Å². The number of fused-ring (bicyclic) bond motifs is 1. The van der Waals surface area contributed by atoms with E-state index in [2.05, 4.69) is 34.0 Å². The average molecular weight is 413 g/mol. The Bertz CT molecular complexity index is 982. The normalized spacial score (nSPS) is 24.1. The molecule has 29 heavy (non-hydrogen) atoms. The highest BCUT2D eigenvalue weighted by Gasteiger charge is 2.28. The number of hydrogen-bond acceptors (Lipinski definition) is 6. The van der Waals surface area contributed by atoms with Crippen molar-refractivity contribution in [2.45, 2.75) is 44.1 Å². The summed E-state index contributed by atoms with van der Waals surface area (Å²) >= 11 is 4.47. The zero-order valence-electron chi connectivity index (χ0n) is 16.9. The summed E-state index contributed by atoms with van der Waals surface area (Å²) in [5.41, 5.74) is 4.02. The number of nitrogens with zero attached hydrogens (tertiary/aromatic N) is 6. The summed E-state index contributed by atoms with van der Waals surface area (Å²) in [5.74, 6) is 0.566. The maximum Gasteiger partial charge on any atom is 0.170 e. The number of thiol groups is 1. The molecule has 154 valence electrons. The number of hydrogen-bond donors (Lipinski definition) is 1. The molecule has 1 saturated heterocycles. The van der Waals surface area contributed by atoms with Crippen LogP contribution >= 0.6 is 12.8 Å². The lowest BCUT2D eigenvalue weighted by atomic mass is 9.81. The van der Waals surface area contributed by atoms with Crippen molar-refractivity contribution >= 4 is 23.8 Å². The Labute approximate surface area is 176 Å². The summed E-state index contributed by atoms with van der Waals surface area (Å²) < 4.78 is 8.99. The zero-order chi connectivity index (χ0) is 19.8. The van der Waals surface area contributed by atoms with Crippen LogP contribution in [-0.2, 0) is 11.8 Å². The van der Waals surface area contributed by atoms with Crippen molar-refractivity contribution in [3.05, 3.63) is 30.2 Å². The Morgan fingerprint density at radius 3 is 2.76 bits per heavy atom. The maximum atomic E-state index is 5.63. The summed E-state index contributed by atoms with van der Waals surface area (Å²) in [4.78, 5) is 7.35. The van der Waals surface area contributed by atoms with Gasteiger partial charge in [0.05, 0.1) is 12.8 Å². The van der Waals surface area contributed by atoms with Gasteiger partial charge in [-0.15, -0.1) is 0 Å². The summed E-state index contributed by atoms with van der Waals surface area (Å²) in [6.45, 7) is 4.05. The lowest BCUT2D eigenvalue weighted by molar-refractivity contribution is 0.118. The van der Waals surface area contributed by atoms with Crippen LogP contribution in [0.5, 0.6) is 0 Å². The van der Waals surface area contributed by atoms with Crippen LogP contribution in [0.15, 0.2) is 24.7 Å². The van der Waals surface area contributed by atoms with Gasteiger partial charge in [0.15, 0.2) is 5.65 Å². The van der Waals surface area contributed by atoms with Crippen LogP contribution in [0.2, 0.25) is 0 Å². The molecule has 1 saturated carbocycles. The van der Waals surface area contributed by atoms with Gasteiger partial charge >= 0.3 is 0 Å². The van der Waals surface area contributed by atoms with Crippen LogP contribution < -0.4 is 0 Å². The molecule has 2 fully saturated rings. The van der Waals surface area contributed by atoms with Gasteiger partial charge in [0.2, 0.25) is 0 Å². The second-order valence-electron chi connectivity index (χ2n) is 8.29. The van der Waals surface area contributed by atoms with Crippen LogP contribution in [0.4, 0.5) is 0 Å². The van der Waals surface area contributed by atoms with Crippen LogP contribution in [0.25, 0.3) is 22.3 Å². The molecule has 3 aromatic rings. The monoisotopic (exact) mass is 412 g/mol. The van der Waals surface area contributed by atoms with Crippen molar-refractivity contribution in [1.29, 1.82) is 0 Å². The van der Waals surface area contributed by atoms with Gasteiger partial charge in [-0.05, 0) is 62.5 Å². The van der Waals surface area contributed by atoms with E-state index in [1.165, 1.54) is 37.8 Å². The lowest BCUT2D eigenvalue weighted by Crippen LogP contribution is -2.39. The van der Waals surface area contributed by atoms with Gasteiger partial charge in [-0.2, -0.15) is 14.3 Å². The minimum atomic E-state index is 0.566. The van der Waals surface area contributed by atoms with Gasteiger partial charge in [-0.3, -0.25) is 9.58 Å². The van der Waals surface area contributed by atoms with Crippen molar-refractivity contribution in [3.63, 3.8) is 0 Å². The number of aromatic nitrogens is 5. The second kappa shape index (κ2) is 8.08. The highest BCUT2D eigenvalue weighted by atomic mass is 32.1. The molecule has 0 unspecified atom stereocenters. The van der Waals surface area contributed by atoms with Crippen molar-refractivity contribution in [2.75, 3.05) is 26.3 Å². The highest BCUT2D eigenvalue weighted by molar-refractivity contribution is 7.78. The second-order valence-corrected chi connectivity index (χ2v) is 8.67. The average Bonchev–Trinajstić information content (AvgIpc) is 3.19. The fourth-order valence-corrected chi connectivity index (χ4v) is 5.14. The number of rotatable bonds is 3. The standard InChI is InChI=1S/C21H28N6OS/c1-25-14-17(13-23-25)20-19-11-16(12-22-21(19)27(29)24-20)15-3-5-18(6-4-15)26-7-2-9-28-10-8-26/h11-15,18,29H,2-10H2,1H3/t15-,18+. The van der Waals surface area contributed by atoms with Gasteiger partial charge in [-0.25, -0.2) is 4.98 Å². The predicted molar refractivity (Wildman–Crippen MR) is 116 cm³/mol. The van der Waals surface area contributed by atoms with E-state index >= 15 is 0 Å². The van der Waals surface area contributed by atoms with E-state index in [4.69, 9.17) is 9.72 Å². The van der Waals surface area contributed by atoms with E-state index in [9.17, 15) is 0 Å². The first-order chi connectivity index (χ1) is 14.2. The van der Waals surface area contributed by atoms with Gasteiger partial charge in [0.25, 0.3) is 0 Å². The quantitative estimate of drug-likeness (QED) is 0.669. The van der Waals surface area contributed by atoms with Crippen molar-refractivity contribution < 1.29 is 4.74 Å². The van der Waals surface area contributed by atoms with Gasteiger partial charge < -0.3 is 4.74 Å². The summed E-state index contributed by atoms with van der Waals surface area (Å²) in [7, 11) is 1.92. The lowest BCUT2D eigenvalue weighted by Gasteiger charge is -2.36. The minimum absolute atomic E-state index is 0.566. The highest BCUT2D eigenvalue weighted by Crippen LogP contribution is 2.37. The Kier molecular flexibility index (Phi) is 5.32. The third kappa shape index (κ3) is 3.81. The Morgan fingerprint density at radius 2 is 1.97 bits per heavy atom. The molecule has 0 radical (unpaired) electrons. The minimum Gasteiger partial charge on any atom is -0.380 e. The molecule has 0 amide bonds. The third-order valence-corrected chi connectivity index (χ3v) is 6.73. The summed E-state index contributed by atoms with van der Waals surface area (Å²) in [6.07, 6.45) is 11.9. The number of aryl methyl sites for hydroxylation is 1. The summed E-state index contributed by atoms with van der Waals surface area (Å²) in [5, 5.41) is 9.93. The van der Waals surface area contributed by atoms with Crippen molar-refractivity contribution in [2.24, 2.45) is 7.05 Å². The van der Waals surface area contributed by atoms with Crippen LogP contribution in [0, 0.1) is 0 Å². The van der Waals surface area contributed by atoms with E-state index in [0.717, 1.165) is 48.5 Å². The molecule has 3 aromatic heterocycles. The molecular weight excluding hydrogens is 384 g/mol.